The fourth-order valence-electron chi connectivity index (χ4n) is 2.02. The van der Waals surface area contributed by atoms with Crippen LogP contribution in [0.25, 0.3) is 11.0 Å². The van der Waals surface area contributed by atoms with E-state index in [1.807, 2.05) is 6.92 Å². The first-order valence-corrected chi connectivity index (χ1v) is 5.67. The van der Waals surface area contributed by atoms with Gasteiger partial charge in [-0.05, 0) is 43.9 Å². The fourth-order valence-corrected chi connectivity index (χ4v) is 2.02. The Labute approximate surface area is 90.7 Å². The molecule has 0 saturated heterocycles. The summed E-state index contributed by atoms with van der Waals surface area (Å²) in [5, 5.41) is 0. The molecule has 0 saturated carbocycles. The van der Waals surface area contributed by atoms with E-state index in [0.717, 1.165) is 16.9 Å². The summed E-state index contributed by atoms with van der Waals surface area (Å²) >= 11 is 0. The number of hydrogen-bond donors (Lipinski definition) is 1. The number of aromatic amines is 1. The van der Waals surface area contributed by atoms with Crippen LogP contribution in [0.1, 0.15) is 36.7 Å². The van der Waals surface area contributed by atoms with E-state index in [4.69, 9.17) is 0 Å². The third kappa shape index (κ3) is 1.89. The SMILES string of the molecule is CCCCc1ccc2[nH]c(C)nc2c1C. The molecule has 2 nitrogen and oxygen atoms in total. The van der Waals surface area contributed by atoms with E-state index >= 15 is 0 Å². The van der Waals surface area contributed by atoms with Gasteiger partial charge in [-0.3, -0.25) is 0 Å². The third-order valence-corrected chi connectivity index (χ3v) is 2.94. The lowest BCUT2D eigenvalue weighted by molar-refractivity contribution is 0.792. The molecule has 0 aliphatic carbocycles. The molecule has 0 unspecified atom stereocenters. The summed E-state index contributed by atoms with van der Waals surface area (Å²) in [5.74, 6) is 1.00. The maximum atomic E-state index is 4.53. The van der Waals surface area contributed by atoms with E-state index in [0.29, 0.717) is 0 Å². The molecule has 0 aliphatic heterocycles. The molecule has 2 rings (SSSR count). The van der Waals surface area contributed by atoms with Gasteiger partial charge in [-0.25, -0.2) is 4.98 Å². The van der Waals surface area contributed by atoms with E-state index in [2.05, 4.69) is 35.9 Å². The number of nitrogens with zero attached hydrogens (tertiary/aromatic N) is 1. The van der Waals surface area contributed by atoms with Crippen molar-refractivity contribution in [2.24, 2.45) is 0 Å². The van der Waals surface area contributed by atoms with E-state index in [9.17, 15) is 0 Å². The second-order valence-electron chi connectivity index (χ2n) is 4.17. The van der Waals surface area contributed by atoms with Crippen molar-refractivity contribution >= 4 is 11.0 Å². The molecule has 15 heavy (non-hydrogen) atoms. The van der Waals surface area contributed by atoms with Crippen LogP contribution in [0.4, 0.5) is 0 Å². The molecule has 1 heterocycles. The summed E-state index contributed by atoms with van der Waals surface area (Å²) < 4.78 is 0. The lowest BCUT2D eigenvalue weighted by Gasteiger charge is -2.04. The number of aromatic nitrogens is 2. The highest BCUT2D eigenvalue weighted by atomic mass is 14.9. The summed E-state index contributed by atoms with van der Waals surface area (Å²) in [6.45, 7) is 6.41. The normalized spacial score (nSPS) is 11.1. The van der Waals surface area contributed by atoms with Crippen molar-refractivity contribution in [3.05, 3.63) is 29.1 Å². The summed E-state index contributed by atoms with van der Waals surface area (Å²) in [6.07, 6.45) is 3.68. The molecule has 0 amide bonds. The lowest BCUT2D eigenvalue weighted by Crippen LogP contribution is -1.90. The van der Waals surface area contributed by atoms with Crippen molar-refractivity contribution in [1.82, 2.24) is 9.97 Å². The Bertz CT molecular complexity index is 469. The van der Waals surface area contributed by atoms with Crippen LogP contribution < -0.4 is 0 Å². The van der Waals surface area contributed by atoms with Crippen LogP contribution in [0.3, 0.4) is 0 Å². The number of hydrogen-bond acceptors (Lipinski definition) is 1. The van der Waals surface area contributed by atoms with E-state index in [-0.39, 0.29) is 0 Å². The van der Waals surface area contributed by atoms with Gasteiger partial charge < -0.3 is 4.98 Å². The molecule has 1 aromatic heterocycles. The summed E-state index contributed by atoms with van der Waals surface area (Å²) in [6, 6.07) is 4.37. The minimum Gasteiger partial charge on any atom is -0.342 e. The van der Waals surface area contributed by atoms with E-state index < -0.39 is 0 Å². The summed E-state index contributed by atoms with van der Waals surface area (Å²) in [5.41, 5.74) is 5.08. The number of unbranched alkanes of at least 4 members (excludes halogenated alkanes) is 1. The van der Waals surface area contributed by atoms with Gasteiger partial charge in [0.2, 0.25) is 0 Å². The van der Waals surface area contributed by atoms with Crippen LogP contribution >= 0.6 is 0 Å². The number of benzene rings is 1. The molecule has 1 aromatic carbocycles. The van der Waals surface area contributed by atoms with Gasteiger partial charge in [0.15, 0.2) is 0 Å². The molecule has 0 bridgehead atoms. The summed E-state index contributed by atoms with van der Waals surface area (Å²) in [7, 11) is 0. The Balaban J connectivity index is 2.45. The second kappa shape index (κ2) is 4.05. The van der Waals surface area contributed by atoms with Crippen molar-refractivity contribution in [2.45, 2.75) is 40.0 Å². The predicted molar refractivity (Wildman–Crippen MR) is 64.2 cm³/mol. The van der Waals surface area contributed by atoms with Gasteiger partial charge in [0.25, 0.3) is 0 Å². The van der Waals surface area contributed by atoms with Crippen LogP contribution in [0.2, 0.25) is 0 Å². The number of nitrogens with one attached hydrogen (secondary N) is 1. The lowest BCUT2D eigenvalue weighted by atomic mass is 10.0. The first kappa shape index (κ1) is 10.2. The molecule has 0 aliphatic rings. The maximum absolute atomic E-state index is 4.53. The number of aryl methyl sites for hydroxylation is 3. The van der Waals surface area contributed by atoms with Crippen LogP contribution in [-0.4, -0.2) is 9.97 Å². The highest BCUT2D eigenvalue weighted by Gasteiger charge is 2.06. The molecular formula is C13H18N2. The van der Waals surface area contributed by atoms with E-state index in [1.165, 1.54) is 30.4 Å². The van der Waals surface area contributed by atoms with E-state index in [1.54, 1.807) is 0 Å². The number of rotatable bonds is 3. The molecule has 80 valence electrons. The van der Waals surface area contributed by atoms with Crippen molar-refractivity contribution in [1.29, 1.82) is 0 Å². The first-order valence-electron chi connectivity index (χ1n) is 5.67. The van der Waals surface area contributed by atoms with Crippen LogP contribution in [0, 0.1) is 13.8 Å². The molecule has 1 N–H and O–H groups in total. The minimum atomic E-state index is 1.00. The Morgan fingerprint density at radius 1 is 1.27 bits per heavy atom. The van der Waals surface area contributed by atoms with Crippen molar-refractivity contribution in [3.63, 3.8) is 0 Å². The average molecular weight is 202 g/mol. The van der Waals surface area contributed by atoms with Gasteiger partial charge in [0.05, 0.1) is 11.0 Å². The molecule has 0 radical (unpaired) electrons. The highest BCUT2D eigenvalue weighted by molar-refractivity contribution is 5.79. The Morgan fingerprint density at radius 3 is 2.80 bits per heavy atom. The zero-order valence-electron chi connectivity index (χ0n) is 9.72. The Kier molecular flexibility index (Phi) is 2.76. The molecule has 2 aromatic rings. The summed E-state index contributed by atoms with van der Waals surface area (Å²) in [4.78, 5) is 7.80. The number of fused-ring (bicyclic) bond motifs is 1. The third-order valence-electron chi connectivity index (χ3n) is 2.94. The monoisotopic (exact) mass is 202 g/mol. The van der Waals surface area contributed by atoms with Gasteiger partial charge in [-0.2, -0.15) is 0 Å². The van der Waals surface area contributed by atoms with Gasteiger partial charge in [-0.15, -0.1) is 0 Å². The van der Waals surface area contributed by atoms with Crippen molar-refractivity contribution < 1.29 is 0 Å². The Morgan fingerprint density at radius 2 is 2.07 bits per heavy atom. The van der Waals surface area contributed by atoms with Gasteiger partial charge >= 0.3 is 0 Å². The zero-order chi connectivity index (χ0) is 10.8. The van der Waals surface area contributed by atoms with Gasteiger partial charge in [-0.1, -0.05) is 19.4 Å². The predicted octanol–water partition coefficient (Wildman–Crippen LogP) is 3.52. The molecule has 0 atom stereocenters. The number of H-pyrrole nitrogens is 1. The second-order valence-corrected chi connectivity index (χ2v) is 4.17. The standard InChI is InChI=1S/C13H18N2/c1-4-5-6-11-7-8-12-13(9(11)2)15-10(3)14-12/h7-8H,4-6H2,1-3H3,(H,14,15). The zero-order valence-corrected chi connectivity index (χ0v) is 9.72. The average Bonchev–Trinajstić information content (AvgIpc) is 2.59. The van der Waals surface area contributed by atoms with Gasteiger partial charge in [0.1, 0.15) is 5.82 Å². The molecule has 2 heteroatoms. The molecule has 0 fully saturated rings. The first-order chi connectivity index (χ1) is 7.22. The quantitative estimate of drug-likeness (QED) is 0.810. The van der Waals surface area contributed by atoms with Crippen molar-refractivity contribution in [2.75, 3.05) is 0 Å². The van der Waals surface area contributed by atoms with Crippen LogP contribution in [-0.2, 0) is 6.42 Å². The number of imidazole rings is 1. The van der Waals surface area contributed by atoms with Crippen LogP contribution in [0.15, 0.2) is 12.1 Å². The maximum Gasteiger partial charge on any atom is 0.104 e. The largest absolute Gasteiger partial charge is 0.342 e. The van der Waals surface area contributed by atoms with Gasteiger partial charge in [0, 0.05) is 0 Å². The van der Waals surface area contributed by atoms with Crippen LogP contribution in [0.5, 0.6) is 0 Å². The Hall–Kier alpha value is -1.31. The van der Waals surface area contributed by atoms with Crippen molar-refractivity contribution in [3.8, 4) is 0 Å². The smallest absolute Gasteiger partial charge is 0.104 e. The minimum absolute atomic E-state index is 1.00. The highest BCUT2D eigenvalue weighted by Crippen LogP contribution is 2.21. The fraction of sp³-hybridized carbons (Fsp3) is 0.462. The topological polar surface area (TPSA) is 28.7 Å². The molecule has 0 spiro atoms. The molecular weight excluding hydrogens is 184 g/mol.